The van der Waals surface area contributed by atoms with E-state index in [-0.39, 0.29) is 18.0 Å². The molecule has 0 aliphatic carbocycles. The third-order valence-electron chi connectivity index (χ3n) is 5.23. The Kier molecular flexibility index (Phi) is 8.58. The number of benzene rings is 2. The van der Waals surface area contributed by atoms with Gasteiger partial charge in [-0.25, -0.2) is 0 Å². The predicted molar refractivity (Wildman–Crippen MR) is 129 cm³/mol. The van der Waals surface area contributed by atoms with Crippen molar-refractivity contribution in [2.24, 2.45) is 0 Å². The van der Waals surface area contributed by atoms with Crippen molar-refractivity contribution in [3.8, 4) is 11.5 Å². The molecule has 3 aromatic rings. The number of likely N-dealkylation sites (N-methyl/N-ethyl adjacent to an activating group) is 1. The Hall–Kier alpha value is -3.22. The van der Waals surface area contributed by atoms with Crippen LogP contribution in [0.1, 0.15) is 38.6 Å². The number of ether oxygens (including phenoxy) is 2. The van der Waals surface area contributed by atoms with Gasteiger partial charge in [0.2, 0.25) is 0 Å². The Morgan fingerprint density at radius 2 is 1.67 bits per heavy atom. The Bertz CT molecular complexity index is 1090. The molecule has 0 saturated carbocycles. The van der Waals surface area contributed by atoms with E-state index < -0.39 is 5.92 Å². The first-order valence-electron chi connectivity index (χ1n) is 10.6. The van der Waals surface area contributed by atoms with Crippen LogP contribution in [0.2, 0.25) is 5.02 Å². The van der Waals surface area contributed by atoms with E-state index in [1.807, 2.05) is 19.0 Å². The van der Waals surface area contributed by atoms with Crippen LogP contribution < -0.4 is 9.47 Å². The molecule has 2 aromatic carbocycles. The number of Topliss-reactive ketones (excluding diaryl/α,β-unsaturated/α-hetero) is 2. The highest BCUT2D eigenvalue weighted by atomic mass is 35.5. The van der Waals surface area contributed by atoms with Crippen molar-refractivity contribution >= 4 is 23.2 Å². The summed E-state index contributed by atoms with van der Waals surface area (Å²) < 4.78 is 10.9. The average Bonchev–Trinajstić information content (AvgIpc) is 2.83. The maximum atomic E-state index is 13.4. The molecule has 0 radical (unpaired) electrons. The van der Waals surface area contributed by atoms with Gasteiger partial charge >= 0.3 is 0 Å². The van der Waals surface area contributed by atoms with Crippen LogP contribution in [0.15, 0.2) is 67.0 Å². The van der Waals surface area contributed by atoms with Crippen LogP contribution in [0.5, 0.6) is 11.5 Å². The summed E-state index contributed by atoms with van der Waals surface area (Å²) >= 11 is 6.11. The van der Waals surface area contributed by atoms with Crippen molar-refractivity contribution in [1.82, 2.24) is 9.88 Å². The van der Waals surface area contributed by atoms with Crippen LogP contribution in [0.4, 0.5) is 0 Å². The number of pyridine rings is 1. The van der Waals surface area contributed by atoms with E-state index in [2.05, 4.69) is 4.98 Å². The first kappa shape index (κ1) is 24.4. The summed E-state index contributed by atoms with van der Waals surface area (Å²) in [5.41, 5.74) is 1.67. The zero-order chi connectivity index (χ0) is 23.8. The van der Waals surface area contributed by atoms with Gasteiger partial charge in [-0.3, -0.25) is 14.6 Å². The molecule has 1 unspecified atom stereocenters. The molecule has 1 heterocycles. The van der Waals surface area contributed by atoms with Gasteiger partial charge in [-0.2, -0.15) is 0 Å². The SMILES string of the molecule is COc1cc(C(=O)C(CC(=O)c2ccc(OCCN(C)C)cc2)c2ccncc2)ccc1Cl. The molecular weight excluding hydrogens is 440 g/mol. The van der Waals surface area contributed by atoms with Crippen molar-refractivity contribution in [2.45, 2.75) is 12.3 Å². The molecule has 0 N–H and O–H groups in total. The van der Waals surface area contributed by atoms with Crippen molar-refractivity contribution < 1.29 is 19.1 Å². The summed E-state index contributed by atoms with van der Waals surface area (Å²) in [7, 11) is 5.45. The van der Waals surface area contributed by atoms with Gasteiger partial charge in [0, 0.05) is 36.5 Å². The van der Waals surface area contributed by atoms with Crippen molar-refractivity contribution in [3.63, 3.8) is 0 Å². The van der Waals surface area contributed by atoms with E-state index in [9.17, 15) is 9.59 Å². The molecule has 0 saturated heterocycles. The van der Waals surface area contributed by atoms with Gasteiger partial charge in [0.15, 0.2) is 11.6 Å². The lowest BCUT2D eigenvalue weighted by molar-refractivity contribution is 0.0893. The molecule has 6 nitrogen and oxygen atoms in total. The molecule has 0 aliphatic heterocycles. The lowest BCUT2D eigenvalue weighted by Gasteiger charge is -2.17. The molecule has 0 bridgehead atoms. The van der Waals surface area contributed by atoms with E-state index in [1.54, 1.807) is 67.0 Å². The Labute approximate surface area is 199 Å². The monoisotopic (exact) mass is 466 g/mol. The number of hydrogen-bond acceptors (Lipinski definition) is 6. The molecule has 33 heavy (non-hydrogen) atoms. The van der Waals surface area contributed by atoms with Gasteiger partial charge < -0.3 is 14.4 Å². The summed E-state index contributed by atoms with van der Waals surface area (Å²) in [4.78, 5) is 32.6. The normalized spacial score (nSPS) is 11.8. The zero-order valence-corrected chi connectivity index (χ0v) is 19.7. The Morgan fingerprint density at radius 3 is 2.30 bits per heavy atom. The van der Waals surface area contributed by atoms with Crippen molar-refractivity contribution in [3.05, 3.63) is 88.7 Å². The van der Waals surface area contributed by atoms with Crippen molar-refractivity contribution in [1.29, 1.82) is 0 Å². The number of carbonyl (C=O) groups is 2. The summed E-state index contributed by atoms with van der Waals surface area (Å²) in [5.74, 6) is 0.122. The third kappa shape index (κ3) is 6.63. The smallest absolute Gasteiger partial charge is 0.170 e. The fourth-order valence-corrected chi connectivity index (χ4v) is 3.55. The second-order valence-electron chi connectivity index (χ2n) is 7.85. The topological polar surface area (TPSA) is 68.7 Å². The highest BCUT2D eigenvalue weighted by Crippen LogP contribution is 2.30. The number of hydrogen-bond donors (Lipinski definition) is 0. The molecular formula is C26H27ClN2O4. The summed E-state index contributed by atoms with van der Waals surface area (Å²) in [6.07, 6.45) is 3.25. The van der Waals surface area contributed by atoms with Gasteiger partial charge in [0.1, 0.15) is 18.1 Å². The van der Waals surface area contributed by atoms with E-state index in [1.165, 1.54) is 7.11 Å². The fraction of sp³-hybridized carbons (Fsp3) is 0.269. The maximum absolute atomic E-state index is 13.4. The zero-order valence-electron chi connectivity index (χ0n) is 19.0. The molecule has 0 amide bonds. The van der Waals surface area contributed by atoms with Crippen LogP contribution in [0.3, 0.4) is 0 Å². The summed E-state index contributed by atoms with van der Waals surface area (Å²) in [6.45, 7) is 1.36. The third-order valence-corrected chi connectivity index (χ3v) is 5.55. The van der Waals surface area contributed by atoms with E-state index in [4.69, 9.17) is 21.1 Å². The molecule has 172 valence electrons. The number of rotatable bonds is 11. The second kappa shape index (κ2) is 11.6. The highest BCUT2D eigenvalue weighted by molar-refractivity contribution is 6.32. The standard InChI is InChI=1S/C26H27ClN2O4/c1-29(2)14-15-33-21-7-4-19(5-8-21)24(30)17-22(18-10-12-28-13-11-18)26(31)20-6-9-23(27)25(16-20)32-3/h4-13,16,22H,14-15,17H2,1-3H3. The highest BCUT2D eigenvalue weighted by Gasteiger charge is 2.26. The van der Waals surface area contributed by atoms with Crippen LogP contribution in [-0.4, -0.2) is 55.8 Å². The van der Waals surface area contributed by atoms with Crippen LogP contribution in [-0.2, 0) is 0 Å². The van der Waals surface area contributed by atoms with Gasteiger partial charge in [0.05, 0.1) is 18.1 Å². The second-order valence-corrected chi connectivity index (χ2v) is 8.26. The molecule has 0 fully saturated rings. The molecule has 1 atom stereocenters. The van der Waals surface area contributed by atoms with Gasteiger partial charge in [-0.05, 0) is 74.3 Å². The number of carbonyl (C=O) groups excluding carboxylic acids is 2. The van der Waals surface area contributed by atoms with E-state index in [0.29, 0.717) is 34.3 Å². The lowest BCUT2D eigenvalue weighted by atomic mass is 9.86. The average molecular weight is 467 g/mol. The van der Waals surface area contributed by atoms with Gasteiger partial charge in [0.25, 0.3) is 0 Å². The summed E-state index contributed by atoms with van der Waals surface area (Å²) in [6, 6.07) is 15.4. The maximum Gasteiger partial charge on any atom is 0.170 e. The van der Waals surface area contributed by atoms with Gasteiger partial charge in [-0.1, -0.05) is 11.6 Å². The van der Waals surface area contributed by atoms with E-state index >= 15 is 0 Å². The quantitative estimate of drug-likeness (QED) is 0.373. The van der Waals surface area contributed by atoms with Crippen LogP contribution in [0, 0.1) is 0 Å². The number of halogens is 1. The first-order valence-corrected chi connectivity index (χ1v) is 10.9. The van der Waals surface area contributed by atoms with Gasteiger partial charge in [-0.15, -0.1) is 0 Å². The van der Waals surface area contributed by atoms with Crippen molar-refractivity contribution in [2.75, 3.05) is 34.4 Å². The Morgan fingerprint density at radius 1 is 1.00 bits per heavy atom. The minimum Gasteiger partial charge on any atom is -0.495 e. The molecule has 1 aromatic heterocycles. The Balaban J connectivity index is 1.80. The first-order chi connectivity index (χ1) is 15.9. The minimum atomic E-state index is -0.664. The largest absolute Gasteiger partial charge is 0.495 e. The number of ketones is 2. The predicted octanol–water partition coefficient (Wildman–Crippen LogP) is 4.92. The molecule has 0 aliphatic rings. The molecule has 0 spiro atoms. The van der Waals surface area contributed by atoms with Crippen LogP contribution in [0.25, 0.3) is 0 Å². The molecule has 7 heteroatoms. The molecule has 3 rings (SSSR count). The number of aromatic nitrogens is 1. The lowest BCUT2D eigenvalue weighted by Crippen LogP contribution is -2.19. The van der Waals surface area contributed by atoms with Crippen LogP contribution >= 0.6 is 11.6 Å². The number of methoxy groups -OCH3 is 1. The fourth-order valence-electron chi connectivity index (χ4n) is 3.36. The minimum absolute atomic E-state index is 0.0224. The summed E-state index contributed by atoms with van der Waals surface area (Å²) in [5, 5.41) is 0.415. The van der Waals surface area contributed by atoms with E-state index in [0.717, 1.165) is 12.1 Å². The number of nitrogens with zero attached hydrogens (tertiary/aromatic N) is 2.